The molecule has 0 fully saturated rings. The number of benzene rings is 1. The van der Waals surface area contributed by atoms with Crippen molar-refractivity contribution in [3.05, 3.63) is 52.3 Å². The van der Waals surface area contributed by atoms with Gasteiger partial charge in [-0.05, 0) is 42.7 Å². The van der Waals surface area contributed by atoms with Gasteiger partial charge in [0.2, 0.25) is 0 Å². The highest BCUT2D eigenvalue weighted by molar-refractivity contribution is 6.07. The van der Waals surface area contributed by atoms with Gasteiger partial charge >= 0.3 is 0 Å². The zero-order valence-corrected chi connectivity index (χ0v) is 18.2. The van der Waals surface area contributed by atoms with Crippen molar-refractivity contribution in [3.63, 3.8) is 0 Å². The van der Waals surface area contributed by atoms with E-state index in [9.17, 15) is 4.79 Å². The van der Waals surface area contributed by atoms with E-state index in [1.807, 2.05) is 13.0 Å². The van der Waals surface area contributed by atoms with Crippen LogP contribution in [-0.4, -0.2) is 17.5 Å². The first-order valence-corrected chi connectivity index (χ1v) is 10.5. The van der Waals surface area contributed by atoms with E-state index in [-0.39, 0.29) is 5.91 Å². The van der Waals surface area contributed by atoms with E-state index >= 15 is 0 Å². The lowest BCUT2D eigenvalue weighted by Crippen LogP contribution is -2.20. The Labute approximate surface area is 169 Å². The number of para-hydroxylation sites is 1. The molecule has 0 unspecified atom stereocenters. The summed E-state index contributed by atoms with van der Waals surface area (Å²) in [7, 11) is 0. The third-order valence-corrected chi connectivity index (χ3v) is 4.84. The van der Waals surface area contributed by atoms with Crippen LogP contribution in [0.2, 0.25) is 0 Å². The van der Waals surface area contributed by atoms with E-state index in [1.54, 1.807) is 0 Å². The zero-order valence-electron chi connectivity index (χ0n) is 18.2. The first-order valence-electron chi connectivity index (χ1n) is 10.5. The standard InChI is InChI=1S/C24H34N2O2/c1-7-17-12-11-13-18(8-2)23(17)26-24(27)22-20(10-4)25-19(9-3)14-21(22)28-15-16(5)6/h11-14,16H,7-10,15H2,1-6H3,(H,26,27). The minimum atomic E-state index is -0.138. The number of rotatable bonds is 9. The van der Waals surface area contributed by atoms with Crippen LogP contribution in [0.5, 0.6) is 5.75 Å². The predicted molar refractivity (Wildman–Crippen MR) is 116 cm³/mol. The number of hydrogen-bond donors (Lipinski definition) is 1. The maximum atomic E-state index is 13.4. The predicted octanol–water partition coefficient (Wildman–Crippen LogP) is 5.62. The fraction of sp³-hybridized carbons (Fsp3) is 0.500. The zero-order chi connectivity index (χ0) is 20.7. The van der Waals surface area contributed by atoms with Crippen LogP contribution in [0.15, 0.2) is 24.3 Å². The Morgan fingerprint density at radius 2 is 1.68 bits per heavy atom. The van der Waals surface area contributed by atoms with Gasteiger partial charge in [0.05, 0.1) is 12.3 Å². The molecule has 0 aliphatic rings. The lowest BCUT2D eigenvalue weighted by atomic mass is 10.0. The first-order chi connectivity index (χ1) is 13.4. The highest BCUT2D eigenvalue weighted by Gasteiger charge is 2.21. The highest BCUT2D eigenvalue weighted by Crippen LogP contribution is 2.28. The Bertz CT molecular complexity index is 790. The van der Waals surface area contributed by atoms with Crippen LogP contribution >= 0.6 is 0 Å². The number of carbonyl (C=O) groups is 1. The van der Waals surface area contributed by atoms with Gasteiger partial charge in [0.1, 0.15) is 11.3 Å². The van der Waals surface area contributed by atoms with E-state index in [1.165, 1.54) is 0 Å². The van der Waals surface area contributed by atoms with Crippen molar-refractivity contribution in [2.45, 2.75) is 67.2 Å². The second kappa shape index (κ2) is 10.3. The maximum absolute atomic E-state index is 13.4. The average molecular weight is 383 g/mol. The van der Waals surface area contributed by atoms with Crippen molar-refractivity contribution < 1.29 is 9.53 Å². The van der Waals surface area contributed by atoms with Crippen LogP contribution in [0.3, 0.4) is 0 Å². The number of pyridine rings is 1. The molecule has 0 saturated carbocycles. The van der Waals surface area contributed by atoms with E-state index < -0.39 is 0 Å². The van der Waals surface area contributed by atoms with E-state index in [2.05, 4.69) is 58.1 Å². The highest BCUT2D eigenvalue weighted by atomic mass is 16.5. The van der Waals surface area contributed by atoms with Crippen LogP contribution in [0.1, 0.15) is 74.4 Å². The summed E-state index contributed by atoms with van der Waals surface area (Å²) < 4.78 is 6.05. The summed E-state index contributed by atoms with van der Waals surface area (Å²) in [6.07, 6.45) is 3.23. The van der Waals surface area contributed by atoms with Gasteiger partial charge in [-0.25, -0.2) is 0 Å². The minimum Gasteiger partial charge on any atom is -0.492 e. The summed E-state index contributed by atoms with van der Waals surface area (Å²) >= 11 is 0. The normalized spacial score (nSPS) is 11.0. The van der Waals surface area contributed by atoms with Gasteiger partial charge in [-0.2, -0.15) is 0 Å². The number of nitrogens with zero attached hydrogens (tertiary/aromatic N) is 1. The Morgan fingerprint density at radius 3 is 2.18 bits per heavy atom. The third-order valence-electron chi connectivity index (χ3n) is 4.84. The molecule has 152 valence electrons. The number of aromatic nitrogens is 1. The van der Waals surface area contributed by atoms with Crippen molar-refractivity contribution in [2.75, 3.05) is 11.9 Å². The molecular formula is C24H34N2O2. The largest absolute Gasteiger partial charge is 0.492 e. The summed E-state index contributed by atoms with van der Waals surface area (Å²) in [4.78, 5) is 18.1. The molecule has 2 aromatic rings. The van der Waals surface area contributed by atoms with Crippen molar-refractivity contribution in [1.82, 2.24) is 4.98 Å². The number of anilines is 1. The molecule has 0 spiro atoms. The Kier molecular flexibility index (Phi) is 8.04. The minimum absolute atomic E-state index is 0.138. The molecule has 0 radical (unpaired) electrons. The Morgan fingerprint density at radius 1 is 1.04 bits per heavy atom. The average Bonchev–Trinajstić information content (AvgIpc) is 2.71. The van der Waals surface area contributed by atoms with Crippen LogP contribution in [0, 0.1) is 5.92 Å². The molecule has 1 aromatic heterocycles. The fourth-order valence-corrected chi connectivity index (χ4v) is 3.26. The molecule has 1 aromatic carbocycles. The van der Waals surface area contributed by atoms with Gasteiger partial charge in [-0.3, -0.25) is 9.78 Å². The first kappa shape index (κ1) is 21.9. The smallest absolute Gasteiger partial charge is 0.261 e. The van der Waals surface area contributed by atoms with Crippen LogP contribution < -0.4 is 10.1 Å². The van der Waals surface area contributed by atoms with Crippen molar-refractivity contribution in [1.29, 1.82) is 0 Å². The molecule has 1 N–H and O–H groups in total. The SMILES string of the molecule is CCc1cc(OCC(C)C)c(C(=O)Nc2c(CC)cccc2CC)c(CC)n1. The molecule has 1 heterocycles. The number of amides is 1. The summed E-state index contributed by atoms with van der Waals surface area (Å²) in [6.45, 7) is 13.1. The van der Waals surface area contributed by atoms with Gasteiger partial charge in [-0.1, -0.05) is 59.7 Å². The molecule has 4 heteroatoms. The lowest BCUT2D eigenvalue weighted by Gasteiger charge is -2.19. The van der Waals surface area contributed by atoms with Gasteiger partial charge in [0.15, 0.2) is 0 Å². The molecule has 0 aliphatic carbocycles. The quantitative estimate of drug-likeness (QED) is 0.612. The third kappa shape index (κ3) is 5.12. The molecular weight excluding hydrogens is 348 g/mol. The number of nitrogens with one attached hydrogen (secondary N) is 1. The number of aryl methyl sites for hydroxylation is 4. The summed E-state index contributed by atoms with van der Waals surface area (Å²) in [5.41, 5.74) is 5.53. The van der Waals surface area contributed by atoms with Gasteiger partial charge < -0.3 is 10.1 Å². The summed E-state index contributed by atoms with van der Waals surface area (Å²) in [5.74, 6) is 0.884. The Hall–Kier alpha value is -2.36. The van der Waals surface area contributed by atoms with Crippen LogP contribution in [0.4, 0.5) is 5.69 Å². The molecule has 2 rings (SSSR count). The van der Waals surface area contributed by atoms with E-state index in [4.69, 9.17) is 9.72 Å². The number of ether oxygens (including phenoxy) is 1. The van der Waals surface area contributed by atoms with Crippen LogP contribution in [-0.2, 0) is 25.7 Å². The van der Waals surface area contributed by atoms with E-state index in [0.29, 0.717) is 30.3 Å². The second-order valence-corrected chi connectivity index (χ2v) is 7.46. The number of hydrogen-bond acceptors (Lipinski definition) is 3. The topological polar surface area (TPSA) is 51.2 Å². The van der Waals surface area contributed by atoms with Crippen molar-refractivity contribution >= 4 is 11.6 Å². The molecule has 0 bridgehead atoms. The van der Waals surface area contributed by atoms with Gasteiger partial charge in [-0.15, -0.1) is 0 Å². The second-order valence-electron chi connectivity index (χ2n) is 7.46. The molecule has 28 heavy (non-hydrogen) atoms. The van der Waals surface area contributed by atoms with Crippen molar-refractivity contribution in [3.8, 4) is 5.75 Å². The van der Waals surface area contributed by atoms with E-state index in [0.717, 1.165) is 47.5 Å². The summed E-state index contributed by atoms with van der Waals surface area (Å²) in [5, 5.41) is 3.18. The summed E-state index contributed by atoms with van der Waals surface area (Å²) in [6, 6.07) is 8.12. The molecule has 0 saturated heterocycles. The molecule has 1 amide bonds. The van der Waals surface area contributed by atoms with Crippen molar-refractivity contribution in [2.24, 2.45) is 5.92 Å². The van der Waals surface area contributed by atoms with Crippen LogP contribution in [0.25, 0.3) is 0 Å². The molecule has 0 aliphatic heterocycles. The number of carbonyl (C=O) groups excluding carboxylic acids is 1. The lowest BCUT2D eigenvalue weighted by molar-refractivity contribution is 0.102. The van der Waals surface area contributed by atoms with Gasteiger partial charge in [0.25, 0.3) is 5.91 Å². The monoisotopic (exact) mass is 382 g/mol. The van der Waals surface area contributed by atoms with Gasteiger partial charge in [0, 0.05) is 17.4 Å². The fourth-order valence-electron chi connectivity index (χ4n) is 3.26. The Balaban J connectivity index is 2.49. The molecule has 4 nitrogen and oxygen atoms in total. The maximum Gasteiger partial charge on any atom is 0.261 e. The molecule has 0 atom stereocenters.